The molecular formula is C27H32N6O2. The number of imidazole rings is 1. The average molecular weight is 473 g/mol. The third kappa shape index (κ3) is 4.72. The second-order valence-electron chi connectivity index (χ2n) is 9.52. The van der Waals surface area contributed by atoms with Crippen molar-refractivity contribution in [1.29, 1.82) is 0 Å². The van der Waals surface area contributed by atoms with E-state index in [4.69, 9.17) is 4.98 Å². The molecule has 0 saturated carbocycles. The molecule has 0 spiro atoms. The monoisotopic (exact) mass is 472 g/mol. The van der Waals surface area contributed by atoms with E-state index < -0.39 is 0 Å². The molecule has 0 bridgehead atoms. The molecule has 182 valence electrons. The Morgan fingerprint density at radius 2 is 1.43 bits per heavy atom. The van der Waals surface area contributed by atoms with Crippen LogP contribution in [-0.4, -0.2) is 54.7 Å². The molecule has 5 rings (SSSR count). The SMILES string of the molecule is Cc1cccc(Cn2c(CN3CCN(Cc4ccccc4)CC3)nc3c2c(=O)n(C)c(=O)n3C)c1. The van der Waals surface area contributed by atoms with Gasteiger partial charge in [0.25, 0.3) is 5.56 Å². The van der Waals surface area contributed by atoms with E-state index in [1.807, 2.05) is 16.7 Å². The third-order valence-electron chi connectivity index (χ3n) is 6.93. The first kappa shape index (κ1) is 23.3. The zero-order valence-electron chi connectivity index (χ0n) is 20.6. The average Bonchev–Trinajstić information content (AvgIpc) is 3.21. The highest BCUT2D eigenvalue weighted by Crippen LogP contribution is 2.18. The Bertz CT molecular complexity index is 1460. The number of piperazine rings is 1. The highest BCUT2D eigenvalue weighted by molar-refractivity contribution is 5.71. The molecule has 8 nitrogen and oxygen atoms in total. The fourth-order valence-corrected chi connectivity index (χ4v) is 4.92. The molecule has 0 aliphatic carbocycles. The predicted octanol–water partition coefficient (Wildman–Crippen LogP) is 2.11. The van der Waals surface area contributed by atoms with Crippen LogP contribution < -0.4 is 11.2 Å². The summed E-state index contributed by atoms with van der Waals surface area (Å²) >= 11 is 0. The first-order valence-corrected chi connectivity index (χ1v) is 12.1. The van der Waals surface area contributed by atoms with Gasteiger partial charge in [-0.3, -0.25) is 23.7 Å². The van der Waals surface area contributed by atoms with E-state index in [-0.39, 0.29) is 11.2 Å². The Labute approximate surface area is 204 Å². The van der Waals surface area contributed by atoms with E-state index in [9.17, 15) is 9.59 Å². The van der Waals surface area contributed by atoms with Gasteiger partial charge in [-0.2, -0.15) is 0 Å². The van der Waals surface area contributed by atoms with Gasteiger partial charge < -0.3 is 4.57 Å². The van der Waals surface area contributed by atoms with Crippen LogP contribution in [0.2, 0.25) is 0 Å². The lowest BCUT2D eigenvalue weighted by Gasteiger charge is -2.34. The second kappa shape index (κ2) is 9.64. The van der Waals surface area contributed by atoms with Crippen LogP contribution in [0.15, 0.2) is 64.2 Å². The molecule has 1 saturated heterocycles. The lowest BCUT2D eigenvalue weighted by molar-refractivity contribution is 0.119. The van der Waals surface area contributed by atoms with Crippen molar-refractivity contribution in [3.05, 3.63) is 98.0 Å². The summed E-state index contributed by atoms with van der Waals surface area (Å²) in [4.78, 5) is 35.4. The Morgan fingerprint density at radius 3 is 2.11 bits per heavy atom. The van der Waals surface area contributed by atoms with Gasteiger partial charge in [-0.05, 0) is 18.1 Å². The largest absolute Gasteiger partial charge is 0.332 e. The first-order valence-electron chi connectivity index (χ1n) is 12.1. The molecule has 0 N–H and O–H groups in total. The summed E-state index contributed by atoms with van der Waals surface area (Å²) in [6.07, 6.45) is 0. The fourth-order valence-electron chi connectivity index (χ4n) is 4.92. The van der Waals surface area contributed by atoms with Gasteiger partial charge in [0.1, 0.15) is 5.82 Å². The number of benzene rings is 2. The van der Waals surface area contributed by atoms with E-state index >= 15 is 0 Å². The van der Waals surface area contributed by atoms with E-state index in [0.29, 0.717) is 24.3 Å². The fraction of sp³-hybridized carbons (Fsp3) is 0.370. The first-order chi connectivity index (χ1) is 16.9. The maximum atomic E-state index is 13.2. The number of aryl methyl sites for hydroxylation is 2. The van der Waals surface area contributed by atoms with Gasteiger partial charge in [-0.15, -0.1) is 0 Å². The Hall–Kier alpha value is -3.49. The zero-order valence-corrected chi connectivity index (χ0v) is 20.6. The Morgan fingerprint density at radius 1 is 0.771 bits per heavy atom. The molecule has 1 aliphatic rings. The minimum absolute atomic E-state index is 0.304. The van der Waals surface area contributed by atoms with E-state index in [1.54, 1.807) is 7.05 Å². The number of aromatic nitrogens is 4. The summed E-state index contributed by atoms with van der Waals surface area (Å²) < 4.78 is 4.65. The quantitative estimate of drug-likeness (QED) is 0.430. The van der Waals surface area contributed by atoms with E-state index in [0.717, 1.165) is 44.1 Å². The lowest BCUT2D eigenvalue weighted by Crippen LogP contribution is -2.45. The molecule has 0 radical (unpaired) electrons. The normalized spacial score (nSPS) is 15.2. The summed E-state index contributed by atoms with van der Waals surface area (Å²) in [6.45, 7) is 8.01. The summed E-state index contributed by atoms with van der Waals surface area (Å²) in [6, 6.07) is 18.9. The van der Waals surface area contributed by atoms with Crippen molar-refractivity contribution in [3.8, 4) is 0 Å². The minimum atomic E-state index is -0.358. The van der Waals surface area contributed by atoms with Gasteiger partial charge in [0, 0.05) is 53.4 Å². The summed E-state index contributed by atoms with van der Waals surface area (Å²) in [5.74, 6) is 0.816. The standard InChI is InChI=1S/C27H32N6O2/c1-20-8-7-11-22(16-20)18-33-23(28-25-24(33)26(34)30(3)27(35)29(25)2)19-32-14-12-31(13-15-32)17-21-9-5-4-6-10-21/h4-11,16H,12-15,17-19H2,1-3H3. The highest BCUT2D eigenvalue weighted by atomic mass is 16.2. The molecule has 2 aromatic heterocycles. The maximum absolute atomic E-state index is 13.2. The smallest absolute Gasteiger partial charge is 0.317 e. The van der Waals surface area contributed by atoms with Crippen molar-refractivity contribution in [2.75, 3.05) is 26.2 Å². The van der Waals surface area contributed by atoms with Crippen LogP contribution in [0.5, 0.6) is 0 Å². The molecule has 8 heteroatoms. The maximum Gasteiger partial charge on any atom is 0.332 e. The van der Waals surface area contributed by atoms with Crippen molar-refractivity contribution >= 4 is 11.2 Å². The number of nitrogens with zero attached hydrogens (tertiary/aromatic N) is 6. The van der Waals surface area contributed by atoms with Crippen LogP contribution in [0, 0.1) is 6.92 Å². The van der Waals surface area contributed by atoms with Crippen LogP contribution in [-0.2, 0) is 33.7 Å². The molecular weight excluding hydrogens is 440 g/mol. The molecule has 3 heterocycles. The van der Waals surface area contributed by atoms with Crippen molar-refractivity contribution in [2.45, 2.75) is 26.6 Å². The zero-order chi connectivity index (χ0) is 24.5. The van der Waals surface area contributed by atoms with Gasteiger partial charge in [-0.1, -0.05) is 60.2 Å². The summed E-state index contributed by atoms with van der Waals surface area (Å²) in [5, 5.41) is 0. The lowest BCUT2D eigenvalue weighted by atomic mass is 10.1. The van der Waals surface area contributed by atoms with Gasteiger partial charge in [0.05, 0.1) is 6.54 Å². The Balaban J connectivity index is 1.43. The molecule has 0 amide bonds. The van der Waals surface area contributed by atoms with Crippen molar-refractivity contribution in [1.82, 2.24) is 28.5 Å². The predicted molar refractivity (Wildman–Crippen MR) is 137 cm³/mol. The molecule has 0 unspecified atom stereocenters. The molecule has 4 aromatic rings. The van der Waals surface area contributed by atoms with Gasteiger partial charge >= 0.3 is 5.69 Å². The number of hydrogen-bond donors (Lipinski definition) is 0. The molecule has 1 aliphatic heterocycles. The van der Waals surface area contributed by atoms with Crippen molar-refractivity contribution in [2.24, 2.45) is 14.1 Å². The second-order valence-corrected chi connectivity index (χ2v) is 9.52. The summed E-state index contributed by atoms with van der Waals surface area (Å²) in [5.41, 5.74) is 3.87. The van der Waals surface area contributed by atoms with Crippen LogP contribution >= 0.6 is 0 Å². The highest BCUT2D eigenvalue weighted by Gasteiger charge is 2.23. The molecule has 1 fully saturated rings. The van der Waals surface area contributed by atoms with Crippen molar-refractivity contribution in [3.63, 3.8) is 0 Å². The topological polar surface area (TPSA) is 68.3 Å². The van der Waals surface area contributed by atoms with Crippen LogP contribution in [0.4, 0.5) is 0 Å². The summed E-state index contributed by atoms with van der Waals surface area (Å²) in [7, 11) is 3.21. The van der Waals surface area contributed by atoms with Gasteiger partial charge in [-0.25, -0.2) is 9.78 Å². The number of hydrogen-bond acceptors (Lipinski definition) is 5. The van der Waals surface area contributed by atoms with E-state index in [2.05, 4.69) is 59.2 Å². The van der Waals surface area contributed by atoms with Gasteiger partial charge in [0.2, 0.25) is 0 Å². The van der Waals surface area contributed by atoms with Crippen LogP contribution in [0.3, 0.4) is 0 Å². The minimum Gasteiger partial charge on any atom is -0.317 e. The number of fused-ring (bicyclic) bond motifs is 1. The van der Waals surface area contributed by atoms with Crippen LogP contribution in [0.1, 0.15) is 22.5 Å². The van der Waals surface area contributed by atoms with Gasteiger partial charge in [0.15, 0.2) is 11.2 Å². The number of rotatable bonds is 6. The molecule has 0 atom stereocenters. The van der Waals surface area contributed by atoms with Crippen molar-refractivity contribution < 1.29 is 0 Å². The molecule has 2 aromatic carbocycles. The third-order valence-corrected chi connectivity index (χ3v) is 6.93. The Kier molecular flexibility index (Phi) is 6.40. The molecule has 35 heavy (non-hydrogen) atoms. The van der Waals surface area contributed by atoms with E-state index in [1.165, 1.54) is 27.3 Å². The van der Waals surface area contributed by atoms with Crippen LogP contribution in [0.25, 0.3) is 11.2 Å².